The zero-order valence-electron chi connectivity index (χ0n) is 59.4. The molecule has 3 rings (SSSR count). The normalized spacial score (nSPS) is 44.8. The highest BCUT2D eigenvalue weighted by molar-refractivity contribution is 5.71. The van der Waals surface area contributed by atoms with Crippen LogP contribution in [0.15, 0.2) is 47.6 Å². The minimum Gasteiger partial charge on any atom is -0.458 e. The lowest BCUT2D eigenvalue weighted by atomic mass is 9.80. The van der Waals surface area contributed by atoms with Crippen LogP contribution in [-0.2, 0) is 23.7 Å². The summed E-state index contributed by atoms with van der Waals surface area (Å²) in [6.45, 7) is 19.3. The third-order valence-corrected chi connectivity index (χ3v) is 20.6. The molecule has 0 spiro atoms. The third kappa shape index (κ3) is 29.6. The predicted molar refractivity (Wildman–Crippen MR) is 360 cm³/mol. The van der Waals surface area contributed by atoms with Gasteiger partial charge in [0.15, 0.2) is 12.1 Å². The number of allylic oxidation sites excluding steroid dienone is 2. The van der Waals surface area contributed by atoms with Gasteiger partial charge in [0.05, 0.1) is 122 Å². The molecule has 0 aliphatic carbocycles. The van der Waals surface area contributed by atoms with E-state index in [4.69, 9.17) is 18.9 Å². The lowest BCUT2D eigenvalue weighted by molar-refractivity contribution is -0.351. The van der Waals surface area contributed by atoms with Crippen molar-refractivity contribution in [3.63, 3.8) is 0 Å². The van der Waals surface area contributed by atoms with E-state index in [-0.39, 0.29) is 89.4 Å². The molecule has 23 nitrogen and oxygen atoms in total. The van der Waals surface area contributed by atoms with Crippen LogP contribution >= 0.6 is 0 Å². The van der Waals surface area contributed by atoms with Crippen LogP contribution in [0.25, 0.3) is 0 Å². The fourth-order valence-electron chi connectivity index (χ4n) is 13.4. The molecule has 0 aromatic rings. The second-order valence-electron chi connectivity index (χ2n) is 29.6. The molecule has 0 aromatic carbocycles. The number of rotatable bonds is 7. The van der Waals surface area contributed by atoms with Crippen LogP contribution in [0, 0.1) is 41.4 Å². The van der Waals surface area contributed by atoms with Crippen LogP contribution in [0.3, 0.4) is 0 Å². The lowest BCUT2D eigenvalue weighted by Crippen LogP contribution is -2.64. The number of hydrogen-bond acceptors (Lipinski definition) is 23. The number of cyclic esters (lactones) is 1. The minimum atomic E-state index is -2.26. The number of carbonyl (C=O) groups is 1. The molecule has 0 amide bonds. The second kappa shape index (κ2) is 42.8. The van der Waals surface area contributed by atoms with Crippen molar-refractivity contribution < 1.29 is 111 Å². The van der Waals surface area contributed by atoms with Crippen LogP contribution in [0.5, 0.6) is 0 Å². The summed E-state index contributed by atoms with van der Waals surface area (Å²) in [6.07, 6.45) is -8.64. The summed E-state index contributed by atoms with van der Waals surface area (Å²) in [4.78, 5) is 15.4. The molecule has 95 heavy (non-hydrogen) atoms. The minimum absolute atomic E-state index is 0.00761. The number of ether oxygens (including phenoxy) is 4. The van der Waals surface area contributed by atoms with Gasteiger partial charge in [-0.15, -0.1) is 0 Å². The number of hydrogen-bond donors (Lipinski definition) is 17. The van der Waals surface area contributed by atoms with E-state index in [1.54, 1.807) is 106 Å². The zero-order chi connectivity index (χ0) is 71.8. The molecule has 24 unspecified atom stereocenters. The largest absolute Gasteiger partial charge is 0.458 e. The molecule has 0 radical (unpaired) electrons. The second-order valence-corrected chi connectivity index (χ2v) is 29.6. The van der Waals surface area contributed by atoms with Gasteiger partial charge in [0, 0.05) is 48.9 Å². The van der Waals surface area contributed by atoms with Gasteiger partial charge in [-0.05, 0) is 161 Å². The lowest BCUT2D eigenvalue weighted by Gasteiger charge is -2.50. The molecule has 2 bridgehead atoms. The Morgan fingerprint density at radius 3 is 1.80 bits per heavy atom. The van der Waals surface area contributed by atoms with Gasteiger partial charge in [0.25, 0.3) is 0 Å². The predicted octanol–water partition coefficient (Wildman–Crippen LogP) is 4.11. The monoisotopic (exact) mass is 1360 g/mol. The van der Waals surface area contributed by atoms with Crippen molar-refractivity contribution in [1.82, 2.24) is 4.90 Å². The molecule has 29 atom stereocenters. The van der Waals surface area contributed by atoms with E-state index in [1.165, 1.54) is 12.2 Å². The summed E-state index contributed by atoms with van der Waals surface area (Å²) in [5.74, 6) is -6.50. The Morgan fingerprint density at radius 2 is 1.19 bits per heavy atom. The molecule has 2 fully saturated rings. The summed E-state index contributed by atoms with van der Waals surface area (Å²) >= 11 is 0. The number of aliphatic hydroxyl groups is 17. The number of esters is 1. The van der Waals surface area contributed by atoms with Crippen molar-refractivity contribution in [3.8, 4) is 0 Å². The van der Waals surface area contributed by atoms with Crippen LogP contribution < -0.4 is 0 Å². The molecule has 0 aromatic heterocycles. The quantitative estimate of drug-likeness (QED) is 0.126. The Bertz CT molecular complexity index is 2260. The first-order valence-corrected chi connectivity index (χ1v) is 35.5. The van der Waals surface area contributed by atoms with Crippen LogP contribution in [0.1, 0.15) is 205 Å². The summed E-state index contributed by atoms with van der Waals surface area (Å²) in [5.41, 5.74) is 0.995. The van der Waals surface area contributed by atoms with Crippen molar-refractivity contribution in [1.29, 1.82) is 0 Å². The van der Waals surface area contributed by atoms with Gasteiger partial charge < -0.3 is 111 Å². The van der Waals surface area contributed by atoms with Gasteiger partial charge in [-0.3, -0.25) is 4.79 Å². The van der Waals surface area contributed by atoms with Crippen molar-refractivity contribution in [2.24, 2.45) is 41.4 Å². The van der Waals surface area contributed by atoms with E-state index in [0.29, 0.717) is 42.7 Å². The Balaban J connectivity index is 1.86. The maximum absolute atomic E-state index is 13.7. The molecule has 2 saturated heterocycles. The van der Waals surface area contributed by atoms with Crippen molar-refractivity contribution in [2.75, 3.05) is 14.1 Å². The maximum atomic E-state index is 13.7. The first kappa shape index (κ1) is 86.8. The summed E-state index contributed by atoms with van der Waals surface area (Å²) in [7, 11) is 3.40. The highest BCUT2D eigenvalue weighted by Gasteiger charge is 2.53. The summed E-state index contributed by atoms with van der Waals surface area (Å²) < 4.78 is 24.5. The first-order chi connectivity index (χ1) is 44.4. The van der Waals surface area contributed by atoms with Gasteiger partial charge in [-0.1, -0.05) is 91.7 Å². The van der Waals surface area contributed by atoms with Gasteiger partial charge >= 0.3 is 5.97 Å². The van der Waals surface area contributed by atoms with Crippen molar-refractivity contribution in [2.45, 2.75) is 345 Å². The zero-order valence-corrected chi connectivity index (χ0v) is 59.4. The number of nitrogens with zero attached hydrogens (tertiary/aromatic N) is 1. The fourth-order valence-corrected chi connectivity index (χ4v) is 13.4. The molecule has 3 heterocycles. The third-order valence-electron chi connectivity index (χ3n) is 20.6. The molecule has 3 aliphatic heterocycles. The highest BCUT2D eigenvalue weighted by atomic mass is 16.7. The number of likely N-dealkylation sites (N-methyl/N-ethyl adjacent to an activating group) is 1. The summed E-state index contributed by atoms with van der Waals surface area (Å²) in [5, 5.41) is 190. The number of aliphatic hydroxyl groups excluding tert-OH is 16. The average Bonchev–Trinajstić information content (AvgIpc) is 0.771. The maximum Gasteiger partial charge on any atom is 0.311 e. The van der Waals surface area contributed by atoms with E-state index in [9.17, 15) is 91.6 Å². The smallest absolute Gasteiger partial charge is 0.311 e. The van der Waals surface area contributed by atoms with Gasteiger partial charge in [-0.2, -0.15) is 0 Å². The molecular weight excluding hydrogens is 1230 g/mol. The molecule has 556 valence electrons. The van der Waals surface area contributed by atoms with E-state index in [0.717, 1.165) is 12.8 Å². The molecule has 23 heteroatoms. The van der Waals surface area contributed by atoms with Gasteiger partial charge in [0.2, 0.25) is 0 Å². The number of carbonyl (C=O) groups excluding carboxylic acids is 1. The Kier molecular flexibility index (Phi) is 39.1. The average molecular weight is 1360 g/mol. The van der Waals surface area contributed by atoms with E-state index in [2.05, 4.69) is 13.8 Å². The van der Waals surface area contributed by atoms with E-state index in [1.807, 2.05) is 0 Å². The fraction of sp³-hybridized carbons (Fsp3) is 0.875. The summed E-state index contributed by atoms with van der Waals surface area (Å²) in [6, 6.07) is -0.781. The van der Waals surface area contributed by atoms with Gasteiger partial charge in [-0.25, -0.2) is 0 Å². The van der Waals surface area contributed by atoms with Crippen LogP contribution in [0.2, 0.25) is 0 Å². The van der Waals surface area contributed by atoms with E-state index >= 15 is 0 Å². The Hall–Kier alpha value is -2.41. The highest BCUT2D eigenvalue weighted by Crippen LogP contribution is 2.42. The standard InChI is InChI=1S/C72H131NO22/c1-40(2)19-16-21-50-33-43(5)62(85)36-52(75)23-18-26-57(80)45(7)56(79)24-15-14-20-42(4)67(87)47(9)63-38-64(94-71-70(90)66(73(12)13)68(88)49(11)93-71)48(10)72(91,95-63)39-65(86)92-44(6)28-29-53(76)34-51(74)22-17-25-58(81)46(8)59(82)31-27-41(3)61(84)37-55(78)35-54(77)30-32-60(83)69(50)89/h14-15,20,28-29,33,40-41,44-64,66-71,74-85,87-91H,16-19,21-27,30-32,34-39H2,1-13H3/b15-14-,29-28-,42-20-,43-33-/t41?,44?,45?,46?,47?,48?,49-,50?,51?,52?,53?,54?,55?,56?,57?,58?,59?,60?,61?,62?,63?,64?,66+,67?,68-,69?,70-,71+,72?/m1/s1. The topological polar surface area (TPSA) is 401 Å². The van der Waals surface area contributed by atoms with Gasteiger partial charge in [0.1, 0.15) is 12.2 Å². The Morgan fingerprint density at radius 1 is 0.611 bits per heavy atom. The van der Waals surface area contributed by atoms with Crippen LogP contribution in [-0.4, -0.2) is 252 Å². The Labute approximate surface area is 567 Å². The molecule has 3 aliphatic rings. The molecule has 17 N–H and O–H groups in total. The van der Waals surface area contributed by atoms with Crippen LogP contribution in [0.4, 0.5) is 0 Å². The van der Waals surface area contributed by atoms with Crippen molar-refractivity contribution >= 4 is 5.97 Å². The van der Waals surface area contributed by atoms with Crippen molar-refractivity contribution in [3.05, 3.63) is 47.6 Å². The molecular formula is C72H131NO22. The number of fused-ring (bicyclic) bond motifs is 2. The first-order valence-electron chi connectivity index (χ1n) is 35.5. The van der Waals surface area contributed by atoms with E-state index < -0.39 is 182 Å². The SMILES string of the molecule is C/C1=C/C(CCCC(C)C)C(O)C(O)CCC(O)CC(O)CC(O)C(C)CCC(O)C(C)C(O)CCCC(O)CC(O)/C=C\C(C)OC(=O)CC2(O)OC(CC(O[C@@H]3O[C@H](C)[C@@H](O)[C@H](N(C)C)[C@H]3O)C2C)C(C)C(O)/C(C)=C\C=C/CC(O)C(C)C(O)CCCC(O)CC1O. The molecule has 0 saturated carbocycles.